The number of hydrogen-bond donors (Lipinski definition) is 1. The van der Waals surface area contributed by atoms with E-state index in [2.05, 4.69) is 17.1 Å². The summed E-state index contributed by atoms with van der Waals surface area (Å²) in [6.07, 6.45) is 3.34. The van der Waals surface area contributed by atoms with E-state index in [-0.39, 0.29) is 18.4 Å². The molecule has 0 aliphatic carbocycles. The number of methoxy groups -OCH3 is 1. The SMILES string of the molecule is CCOc1ccc(CN(CCc2c[nH]c3ccccc23)C(=O)CN(CCCOC)C(=O)c2ccc3ccccc3c2)cc1. The van der Waals surface area contributed by atoms with Crippen LogP contribution >= 0.6 is 0 Å². The zero-order valence-corrected chi connectivity index (χ0v) is 24.9. The van der Waals surface area contributed by atoms with E-state index in [1.54, 1.807) is 12.0 Å². The number of H-pyrrole nitrogens is 1. The van der Waals surface area contributed by atoms with Crippen LogP contribution < -0.4 is 4.74 Å². The average molecular weight is 578 g/mol. The molecule has 4 aromatic carbocycles. The molecule has 0 atom stereocenters. The van der Waals surface area contributed by atoms with Gasteiger partial charge in [-0.05, 0) is 72.0 Å². The molecule has 0 fully saturated rings. The Hall–Kier alpha value is -4.62. The Balaban J connectivity index is 1.37. The first-order chi connectivity index (χ1) is 21.1. The van der Waals surface area contributed by atoms with Gasteiger partial charge in [0, 0.05) is 56.0 Å². The quantitative estimate of drug-likeness (QED) is 0.154. The molecule has 0 radical (unpaired) electrons. The van der Waals surface area contributed by atoms with Gasteiger partial charge in [-0.25, -0.2) is 0 Å². The molecule has 5 aromatic rings. The second-order valence-corrected chi connectivity index (χ2v) is 10.6. The normalized spacial score (nSPS) is 11.1. The Kier molecular flexibility index (Phi) is 10.1. The van der Waals surface area contributed by atoms with Gasteiger partial charge >= 0.3 is 0 Å². The molecule has 0 saturated carbocycles. The van der Waals surface area contributed by atoms with Crippen LogP contribution in [0, 0.1) is 0 Å². The van der Waals surface area contributed by atoms with Gasteiger partial charge in [-0.1, -0.05) is 60.7 Å². The maximum Gasteiger partial charge on any atom is 0.254 e. The van der Waals surface area contributed by atoms with Gasteiger partial charge in [-0.3, -0.25) is 9.59 Å². The van der Waals surface area contributed by atoms with Crippen molar-refractivity contribution in [2.24, 2.45) is 0 Å². The van der Waals surface area contributed by atoms with E-state index >= 15 is 0 Å². The van der Waals surface area contributed by atoms with E-state index in [9.17, 15) is 9.59 Å². The van der Waals surface area contributed by atoms with E-state index in [0.717, 1.165) is 38.6 Å². The number of nitrogens with one attached hydrogen (secondary N) is 1. The Labute approximate surface area is 253 Å². The number of ether oxygens (including phenoxy) is 2. The number of rotatable bonds is 14. The highest BCUT2D eigenvalue weighted by molar-refractivity contribution is 6.00. The second-order valence-electron chi connectivity index (χ2n) is 10.6. The number of amides is 2. The highest BCUT2D eigenvalue weighted by atomic mass is 16.5. The van der Waals surface area contributed by atoms with Crippen molar-refractivity contribution in [3.8, 4) is 5.75 Å². The number of nitrogens with zero attached hydrogens (tertiary/aromatic N) is 2. The number of aromatic amines is 1. The predicted octanol–water partition coefficient (Wildman–Crippen LogP) is 6.47. The van der Waals surface area contributed by atoms with Gasteiger partial charge in [-0.15, -0.1) is 0 Å². The third kappa shape index (κ3) is 7.62. The van der Waals surface area contributed by atoms with Crippen molar-refractivity contribution in [2.45, 2.75) is 26.3 Å². The number of aromatic nitrogens is 1. The summed E-state index contributed by atoms with van der Waals surface area (Å²) in [6.45, 7) is 4.42. The van der Waals surface area contributed by atoms with Crippen LogP contribution in [0.2, 0.25) is 0 Å². The molecular weight excluding hydrogens is 538 g/mol. The molecule has 7 heteroatoms. The van der Waals surface area contributed by atoms with Crippen LogP contribution in [0.4, 0.5) is 0 Å². The van der Waals surface area contributed by atoms with Crippen LogP contribution in [0.5, 0.6) is 5.75 Å². The minimum absolute atomic E-state index is 0.0136. The summed E-state index contributed by atoms with van der Waals surface area (Å²) in [5.74, 6) is 0.543. The number of benzene rings is 4. The van der Waals surface area contributed by atoms with Gasteiger partial charge in [0.25, 0.3) is 5.91 Å². The third-order valence-electron chi connectivity index (χ3n) is 7.67. The lowest BCUT2D eigenvalue weighted by atomic mass is 10.1. The first-order valence-electron chi connectivity index (χ1n) is 14.9. The fraction of sp³-hybridized carbons (Fsp3) is 0.278. The van der Waals surface area contributed by atoms with E-state index < -0.39 is 0 Å². The molecule has 7 nitrogen and oxygen atoms in total. The standard InChI is InChI=1S/C36H39N3O4/c1-3-43-32-17-13-27(14-18-32)25-38(21-19-31-24-37-34-12-7-6-11-33(31)34)35(40)26-39(20-8-22-42-2)36(41)30-16-15-28-9-4-5-10-29(28)23-30/h4-7,9-18,23-24,37H,3,8,19-22,25-26H2,1-2H3. The molecule has 0 aliphatic rings. The molecule has 1 N–H and O–H groups in total. The molecule has 0 bridgehead atoms. The highest BCUT2D eigenvalue weighted by Gasteiger charge is 2.23. The molecule has 2 amide bonds. The van der Waals surface area contributed by atoms with Crippen molar-refractivity contribution in [3.63, 3.8) is 0 Å². The number of para-hydroxylation sites is 1. The van der Waals surface area contributed by atoms with Crippen molar-refractivity contribution in [1.29, 1.82) is 0 Å². The summed E-state index contributed by atoms with van der Waals surface area (Å²) < 4.78 is 10.9. The van der Waals surface area contributed by atoms with Gasteiger partial charge in [-0.2, -0.15) is 0 Å². The van der Waals surface area contributed by atoms with E-state index in [1.807, 2.05) is 96.9 Å². The summed E-state index contributed by atoms with van der Waals surface area (Å²) in [4.78, 5) is 34.6. The lowest BCUT2D eigenvalue weighted by Gasteiger charge is -2.28. The Morgan fingerprint density at radius 2 is 1.60 bits per heavy atom. The molecule has 0 spiro atoms. The summed E-state index contributed by atoms with van der Waals surface area (Å²) >= 11 is 0. The summed E-state index contributed by atoms with van der Waals surface area (Å²) in [7, 11) is 1.64. The van der Waals surface area contributed by atoms with Crippen LogP contribution in [0.15, 0.2) is 97.2 Å². The van der Waals surface area contributed by atoms with Crippen molar-refractivity contribution < 1.29 is 19.1 Å². The fourth-order valence-corrected chi connectivity index (χ4v) is 5.38. The summed E-state index contributed by atoms with van der Waals surface area (Å²) in [5, 5.41) is 3.22. The highest BCUT2D eigenvalue weighted by Crippen LogP contribution is 2.21. The largest absolute Gasteiger partial charge is 0.494 e. The second kappa shape index (κ2) is 14.5. The fourth-order valence-electron chi connectivity index (χ4n) is 5.38. The van der Waals surface area contributed by atoms with Gasteiger partial charge in [0.2, 0.25) is 5.91 Å². The van der Waals surface area contributed by atoms with Gasteiger partial charge in [0.1, 0.15) is 12.3 Å². The van der Waals surface area contributed by atoms with Crippen LogP contribution in [0.1, 0.15) is 34.8 Å². The maximum absolute atomic E-state index is 14.0. The lowest BCUT2D eigenvalue weighted by molar-refractivity contribution is -0.132. The zero-order valence-electron chi connectivity index (χ0n) is 24.9. The smallest absolute Gasteiger partial charge is 0.254 e. The van der Waals surface area contributed by atoms with Crippen LogP contribution in [-0.2, 0) is 22.5 Å². The van der Waals surface area contributed by atoms with Gasteiger partial charge in [0.05, 0.1) is 6.61 Å². The zero-order chi connectivity index (χ0) is 30.0. The molecule has 0 unspecified atom stereocenters. The summed E-state index contributed by atoms with van der Waals surface area (Å²) in [6, 6.07) is 29.7. The monoisotopic (exact) mass is 577 g/mol. The topological polar surface area (TPSA) is 74.9 Å². The van der Waals surface area contributed by atoms with Gasteiger partial charge in [0.15, 0.2) is 0 Å². The number of carbonyl (C=O) groups excluding carboxylic acids is 2. The molecule has 43 heavy (non-hydrogen) atoms. The molecule has 5 rings (SSSR count). The van der Waals surface area contributed by atoms with Crippen molar-refractivity contribution in [3.05, 3.63) is 114 Å². The molecule has 0 saturated heterocycles. The molecular formula is C36H39N3O4. The Morgan fingerprint density at radius 1 is 0.837 bits per heavy atom. The summed E-state index contributed by atoms with van der Waals surface area (Å²) in [5.41, 5.74) is 3.81. The van der Waals surface area contributed by atoms with Crippen molar-refractivity contribution >= 4 is 33.5 Å². The van der Waals surface area contributed by atoms with E-state index in [1.165, 1.54) is 0 Å². The van der Waals surface area contributed by atoms with Crippen LogP contribution in [0.25, 0.3) is 21.7 Å². The first-order valence-corrected chi connectivity index (χ1v) is 14.9. The third-order valence-corrected chi connectivity index (χ3v) is 7.67. The average Bonchev–Trinajstić information content (AvgIpc) is 3.46. The predicted molar refractivity (Wildman–Crippen MR) is 171 cm³/mol. The molecule has 222 valence electrons. The molecule has 1 aromatic heterocycles. The minimum atomic E-state index is -0.159. The maximum atomic E-state index is 14.0. The first kappa shape index (κ1) is 29.9. The minimum Gasteiger partial charge on any atom is -0.494 e. The molecule has 1 heterocycles. The van der Waals surface area contributed by atoms with Crippen molar-refractivity contribution in [2.75, 3.05) is 40.0 Å². The number of hydrogen-bond acceptors (Lipinski definition) is 4. The molecule has 0 aliphatic heterocycles. The number of fused-ring (bicyclic) bond motifs is 2. The Morgan fingerprint density at radius 3 is 2.40 bits per heavy atom. The van der Waals surface area contributed by atoms with E-state index in [4.69, 9.17) is 9.47 Å². The Bertz CT molecular complexity index is 1660. The lowest BCUT2D eigenvalue weighted by Crippen LogP contribution is -2.44. The van der Waals surface area contributed by atoms with Crippen LogP contribution in [0.3, 0.4) is 0 Å². The van der Waals surface area contributed by atoms with Gasteiger partial charge < -0.3 is 24.3 Å². The number of carbonyl (C=O) groups is 2. The van der Waals surface area contributed by atoms with E-state index in [0.29, 0.717) is 51.3 Å². The van der Waals surface area contributed by atoms with Crippen LogP contribution in [-0.4, -0.2) is 66.6 Å². The van der Waals surface area contributed by atoms with Crippen molar-refractivity contribution in [1.82, 2.24) is 14.8 Å².